The molecule has 0 saturated heterocycles. The van der Waals surface area contributed by atoms with Gasteiger partial charge in [0.25, 0.3) is 0 Å². The molecule has 2 nitrogen and oxygen atoms in total. The fourth-order valence-electron chi connectivity index (χ4n) is 2.15. The van der Waals surface area contributed by atoms with Gasteiger partial charge in [0.15, 0.2) is 0 Å². The van der Waals surface area contributed by atoms with Crippen molar-refractivity contribution >= 4 is 23.7 Å². The van der Waals surface area contributed by atoms with Gasteiger partial charge in [-0.1, -0.05) is 81.5 Å². The maximum atomic E-state index is 11.6. The largest absolute Gasteiger partial charge is 0.353 e. The molecule has 0 spiro atoms. The van der Waals surface area contributed by atoms with Gasteiger partial charge >= 0.3 is 0 Å². The molecule has 0 atom stereocenters. The molecule has 0 aromatic heterocycles. The van der Waals surface area contributed by atoms with E-state index in [1.165, 1.54) is 37.7 Å². The Morgan fingerprint density at radius 3 is 2.61 bits per heavy atom. The highest BCUT2D eigenvalue weighted by molar-refractivity contribution is 8.02. The monoisotopic (exact) mass is 331 g/mol. The van der Waals surface area contributed by atoms with Gasteiger partial charge in [-0.05, 0) is 17.4 Å². The molecule has 0 unspecified atom stereocenters. The van der Waals surface area contributed by atoms with Crippen molar-refractivity contribution in [3.8, 4) is 0 Å². The minimum Gasteiger partial charge on any atom is -0.353 e. The maximum Gasteiger partial charge on any atom is 0.244 e. The Bertz CT molecular complexity index is 468. The van der Waals surface area contributed by atoms with Crippen LogP contribution in [0.4, 0.5) is 0 Å². The number of thioether (sulfide) groups is 1. The Morgan fingerprint density at radius 1 is 1.09 bits per heavy atom. The zero-order valence-electron chi connectivity index (χ0n) is 14.2. The number of nitrogens with one attached hydrogen (secondary N) is 1. The van der Waals surface area contributed by atoms with Gasteiger partial charge in [-0.3, -0.25) is 4.79 Å². The minimum absolute atomic E-state index is 0.0121. The lowest BCUT2D eigenvalue weighted by atomic mass is 10.1. The van der Waals surface area contributed by atoms with Crippen LogP contribution in [0.1, 0.15) is 51.0 Å². The molecular weight excluding hydrogens is 302 g/mol. The third-order valence-corrected chi connectivity index (χ3v) is 4.16. The van der Waals surface area contributed by atoms with Crippen molar-refractivity contribution < 1.29 is 4.79 Å². The van der Waals surface area contributed by atoms with Crippen LogP contribution in [0.5, 0.6) is 0 Å². The van der Waals surface area contributed by atoms with E-state index in [2.05, 4.69) is 36.5 Å². The van der Waals surface area contributed by atoms with Crippen LogP contribution in [0.15, 0.2) is 47.9 Å². The van der Waals surface area contributed by atoms with Crippen LogP contribution in [-0.4, -0.2) is 18.2 Å². The van der Waals surface area contributed by atoms with Crippen LogP contribution < -0.4 is 5.32 Å². The first-order chi connectivity index (χ1) is 11.3. The van der Waals surface area contributed by atoms with Crippen molar-refractivity contribution in [2.75, 3.05) is 12.3 Å². The lowest BCUT2D eigenvalue weighted by molar-refractivity contribution is -0.116. The number of rotatable bonds is 12. The normalized spacial score (nSPS) is 11.3. The van der Waals surface area contributed by atoms with Gasteiger partial charge in [0.1, 0.15) is 0 Å². The van der Waals surface area contributed by atoms with Gasteiger partial charge < -0.3 is 5.32 Å². The molecule has 0 aliphatic rings. The number of unbranched alkanes of at least 4 members (excludes halogenated alkanes) is 5. The third kappa shape index (κ3) is 11.7. The smallest absolute Gasteiger partial charge is 0.244 e. The third-order valence-electron chi connectivity index (χ3n) is 3.45. The van der Waals surface area contributed by atoms with Crippen LogP contribution in [0.25, 0.3) is 6.08 Å². The van der Waals surface area contributed by atoms with Crippen LogP contribution in [0.2, 0.25) is 0 Å². The zero-order valence-corrected chi connectivity index (χ0v) is 15.0. The number of hydrogen-bond donors (Lipinski definition) is 1. The number of carbonyl (C=O) groups excluding carboxylic acids is 1. The Hall–Kier alpha value is -1.48. The summed E-state index contributed by atoms with van der Waals surface area (Å²) in [7, 11) is 0. The molecule has 1 aromatic rings. The van der Waals surface area contributed by atoms with Crippen molar-refractivity contribution in [2.24, 2.45) is 0 Å². The van der Waals surface area contributed by atoms with E-state index in [1.807, 2.05) is 23.6 Å². The highest BCUT2D eigenvalue weighted by Gasteiger charge is 1.94. The summed E-state index contributed by atoms with van der Waals surface area (Å²) >= 11 is 1.63. The quantitative estimate of drug-likeness (QED) is 0.409. The fraction of sp³-hybridized carbons (Fsp3) is 0.450. The molecule has 0 heterocycles. The van der Waals surface area contributed by atoms with E-state index in [0.717, 1.165) is 18.7 Å². The number of amides is 1. The first kappa shape index (κ1) is 19.6. The molecule has 1 aromatic carbocycles. The topological polar surface area (TPSA) is 29.1 Å². The summed E-state index contributed by atoms with van der Waals surface area (Å²) in [5.74, 6) is 0.883. The highest BCUT2D eigenvalue weighted by atomic mass is 32.2. The SMILES string of the molecule is CCCCCCCCNC(=O)/C=C\SC/C=C/c1ccccc1. The van der Waals surface area contributed by atoms with Crippen molar-refractivity contribution in [1.82, 2.24) is 5.32 Å². The molecule has 0 aliphatic carbocycles. The molecular formula is C20H29NOS. The Labute approximate surface area is 145 Å². The van der Waals surface area contributed by atoms with Crippen molar-refractivity contribution in [3.63, 3.8) is 0 Å². The molecule has 1 N–H and O–H groups in total. The predicted molar refractivity (Wildman–Crippen MR) is 103 cm³/mol. The average molecular weight is 332 g/mol. The Morgan fingerprint density at radius 2 is 1.83 bits per heavy atom. The van der Waals surface area contributed by atoms with Crippen LogP contribution >= 0.6 is 11.8 Å². The van der Waals surface area contributed by atoms with E-state index in [4.69, 9.17) is 0 Å². The second kappa shape index (κ2) is 14.1. The van der Waals surface area contributed by atoms with Crippen molar-refractivity contribution in [1.29, 1.82) is 0 Å². The van der Waals surface area contributed by atoms with Gasteiger partial charge in [0.05, 0.1) is 0 Å². The van der Waals surface area contributed by atoms with Crippen molar-refractivity contribution in [3.05, 3.63) is 53.5 Å². The highest BCUT2D eigenvalue weighted by Crippen LogP contribution is 2.06. The second-order valence-corrected chi connectivity index (χ2v) is 6.45. The zero-order chi connectivity index (χ0) is 16.6. The lowest BCUT2D eigenvalue weighted by Crippen LogP contribution is -2.21. The van der Waals surface area contributed by atoms with E-state index in [1.54, 1.807) is 17.8 Å². The first-order valence-corrected chi connectivity index (χ1v) is 9.65. The van der Waals surface area contributed by atoms with E-state index in [-0.39, 0.29) is 5.91 Å². The summed E-state index contributed by atoms with van der Waals surface area (Å²) in [4.78, 5) is 11.6. The van der Waals surface area contributed by atoms with Crippen LogP contribution in [-0.2, 0) is 4.79 Å². The Balaban J connectivity index is 1.99. The first-order valence-electron chi connectivity index (χ1n) is 8.60. The van der Waals surface area contributed by atoms with Gasteiger partial charge in [0, 0.05) is 18.4 Å². The van der Waals surface area contributed by atoms with E-state index < -0.39 is 0 Å². The summed E-state index contributed by atoms with van der Waals surface area (Å²) in [5, 5.41) is 4.80. The predicted octanol–water partition coefficient (Wildman–Crippen LogP) is 5.42. The summed E-state index contributed by atoms with van der Waals surface area (Å²) in [5.41, 5.74) is 1.20. The maximum absolute atomic E-state index is 11.6. The van der Waals surface area contributed by atoms with E-state index in [9.17, 15) is 4.79 Å². The summed E-state index contributed by atoms with van der Waals surface area (Å²) in [6, 6.07) is 10.2. The molecule has 23 heavy (non-hydrogen) atoms. The molecule has 1 amide bonds. The summed E-state index contributed by atoms with van der Waals surface area (Å²) in [6.07, 6.45) is 13.3. The molecule has 0 fully saturated rings. The van der Waals surface area contributed by atoms with E-state index >= 15 is 0 Å². The van der Waals surface area contributed by atoms with Crippen LogP contribution in [0, 0.1) is 0 Å². The van der Waals surface area contributed by atoms with Gasteiger partial charge in [-0.2, -0.15) is 0 Å². The van der Waals surface area contributed by atoms with Gasteiger partial charge in [0.2, 0.25) is 5.91 Å². The molecule has 126 valence electrons. The standard InChI is InChI=1S/C20H29NOS/c1-2-3-4-5-6-10-16-21-20(22)15-18-23-17-11-14-19-12-8-7-9-13-19/h7-9,11-15,18H,2-6,10,16-17H2,1H3,(H,21,22)/b14-11+,18-15-. The summed E-state index contributed by atoms with van der Waals surface area (Å²) < 4.78 is 0. The van der Waals surface area contributed by atoms with E-state index in [0.29, 0.717) is 0 Å². The number of hydrogen-bond acceptors (Lipinski definition) is 2. The Kier molecular flexibility index (Phi) is 12.0. The molecule has 0 saturated carbocycles. The molecule has 0 bridgehead atoms. The lowest BCUT2D eigenvalue weighted by Gasteiger charge is -2.02. The van der Waals surface area contributed by atoms with Crippen LogP contribution in [0.3, 0.4) is 0 Å². The number of benzene rings is 1. The summed E-state index contributed by atoms with van der Waals surface area (Å²) in [6.45, 7) is 3.01. The number of carbonyl (C=O) groups is 1. The second-order valence-electron chi connectivity index (χ2n) is 5.51. The molecule has 0 aliphatic heterocycles. The molecule has 0 radical (unpaired) electrons. The minimum atomic E-state index is 0.0121. The van der Waals surface area contributed by atoms with Gasteiger partial charge in [-0.15, -0.1) is 11.8 Å². The molecule has 1 rings (SSSR count). The van der Waals surface area contributed by atoms with Gasteiger partial charge in [-0.25, -0.2) is 0 Å². The fourth-order valence-corrected chi connectivity index (χ4v) is 2.68. The molecule has 3 heteroatoms. The van der Waals surface area contributed by atoms with Crippen molar-refractivity contribution in [2.45, 2.75) is 45.4 Å². The average Bonchev–Trinajstić information content (AvgIpc) is 2.58.